The smallest absolute Gasteiger partial charge is 0.340 e. The van der Waals surface area contributed by atoms with Crippen molar-refractivity contribution < 1.29 is 31.9 Å². The van der Waals surface area contributed by atoms with Crippen LogP contribution in [-0.4, -0.2) is 92.4 Å². The third kappa shape index (κ3) is 6.47. The van der Waals surface area contributed by atoms with Gasteiger partial charge < -0.3 is 15.0 Å². The van der Waals surface area contributed by atoms with E-state index in [0.717, 1.165) is 19.4 Å². The fraction of sp³-hybridized carbons (Fsp3) is 0.680. The number of imide groups is 1. The Morgan fingerprint density at radius 1 is 1.06 bits per heavy atom. The first-order chi connectivity index (χ1) is 17.2. The molecule has 0 bridgehead atoms. The van der Waals surface area contributed by atoms with Crippen LogP contribution in [0.5, 0.6) is 5.75 Å². The van der Waals surface area contributed by atoms with Crippen LogP contribution in [0.25, 0.3) is 0 Å². The van der Waals surface area contributed by atoms with Gasteiger partial charge in [-0.15, -0.1) is 0 Å². The molecule has 1 aromatic rings. The molecule has 11 heteroatoms. The summed E-state index contributed by atoms with van der Waals surface area (Å²) in [5.41, 5.74) is 0.594. The summed E-state index contributed by atoms with van der Waals surface area (Å²) < 4.78 is 56.6. The lowest BCUT2D eigenvalue weighted by atomic mass is 9.92. The summed E-state index contributed by atoms with van der Waals surface area (Å²) in [6.45, 7) is 2.96. The number of anilines is 1. The molecule has 2 saturated heterocycles. The summed E-state index contributed by atoms with van der Waals surface area (Å²) in [6.07, 6.45) is 0.674. The van der Waals surface area contributed by atoms with Crippen LogP contribution in [0.3, 0.4) is 0 Å². The van der Waals surface area contributed by atoms with Gasteiger partial charge in [-0.25, -0.2) is 8.78 Å². The molecule has 1 N–H and O–H groups in total. The van der Waals surface area contributed by atoms with Crippen LogP contribution in [0, 0.1) is 5.92 Å². The Labute approximate surface area is 208 Å². The number of halogens is 4. The molecule has 2 aliphatic heterocycles. The Bertz CT molecular complexity index is 907. The largest absolute Gasteiger partial charge is 0.485 e. The number of hydrogen-bond donors (Lipinski definition) is 1. The van der Waals surface area contributed by atoms with E-state index in [-0.39, 0.29) is 29.9 Å². The molecule has 0 aromatic heterocycles. The molecule has 2 amide bonds. The highest BCUT2D eigenvalue weighted by Gasteiger charge is 2.42. The van der Waals surface area contributed by atoms with Crippen LogP contribution in [0.1, 0.15) is 32.1 Å². The predicted octanol–water partition coefficient (Wildman–Crippen LogP) is 3.00. The van der Waals surface area contributed by atoms with Crippen molar-refractivity contribution in [1.82, 2.24) is 15.1 Å². The van der Waals surface area contributed by atoms with Crippen LogP contribution in [-0.2, 0) is 9.59 Å². The molecule has 1 aliphatic carbocycles. The summed E-state index contributed by atoms with van der Waals surface area (Å²) in [7, 11) is 0. The Kier molecular flexibility index (Phi) is 8.71. The van der Waals surface area contributed by atoms with E-state index >= 15 is 0 Å². The van der Waals surface area contributed by atoms with E-state index in [2.05, 4.69) is 10.2 Å². The van der Waals surface area contributed by atoms with Crippen LogP contribution >= 0.6 is 0 Å². The number of nitrogens with zero attached hydrogens (tertiary/aromatic N) is 3. The topological polar surface area (TPSA) is 65.1 Å². The second kappa shape index (κ2) is 11.8. The van der Waals surface area contributed by atoms with Crippen LogP contribution in [0.4, 0.5) is 23.2 Å². The first-order valence-corrected chi connectivity index (χ1v) is 12.7. The van der Waals surface area contributed by atoms with E-state index in [1.165, 1.54) is 17.4 Å². The van der Waals surface area contributed by atoms with Crippen molar-refractivity contribution in [2.75, 3.05) is 57.3 Å². The van der Waals surface area contributed by atoms with Gasteiger partial charge >= 0.3 is 12.3 Å². The van der Waals surface area contributed by atoms with Gasteiger partial charge in [0.2, 0.25) is 11.8 Å². The highest BCUT2D eigenvalue weighted by atomic mass is 19.3. The zero-order chi connectivity index (χ0) is 25.7. The van der Waals surface area contributed by atoms with E-state index < -0.39 is 19.0 Å². The zero-order valence-electron chi connectivity index (χ0n) is 20.3. The summed E-state index contributed by atoms with van der Waals surface area (Å²) >= 11 is 0. The molecule has 7 nitrogen and oxygen atoms in total. The Morgan fingerprint density at radius 3 is 2.44 bits per heavy atom. The van der Waals surface area contributed by atoms with Crippen LogP contribution < -0.4 is 15.0 Å². The molecule has 1 saturated carbocycles. The minimum absolute atomic E-state index is 0.0781. The molecule has 1 aromatic carbocycles. The normalized spacial score (nSPS) is 22.0. The number of nitrogens with one attached hydrogen (secondary N) is 1. The van der Waals surface area contributed by atoms with E-state index in [1.54, 1.807) is 18.2 Å². The van der Waals surface area contributed by atoms with Crippen LogP contribution in [0.2, 0.25) is 0 Å². The van der Waals surface area contributed by atoms with Crippen molar-refractivity contribution >= 4 is 17.5 Å². The highest BCUT2D eigenvalue weighted by Crippen LogP contribution is 2.31. The number of carbonyl (C=O) groups excluding carboxylic acids is 2. The fourth-order valence-electron chi connectivity index (χ4n) is 4.81. The molecule has 0 radical (unpaired) electrons. The third-order valence-electron chi connectivity index (χ3n) is 7.27. The number of carbonyl (C=O) groups is 2. The lowest BCUT2D eigenvalue weighted by molar-refractivity contribution is -0.148. The molecule has 3 fully saturated rings. The first-order valence-electron chi connectivity index (χ1n) is 12.7. The summed E-state index contributed by atoms with van der Waals surface area (Å²) in [4.78, 5) is 30.6. The van der Waals surface area contributed by atoms with Gasteiger partial charge in [0, 0.05) is 51.7 Å². The molecule has 3 aliphatic rings. The van der Waals surface area contributed by atoms with Gasteiger partial charge in [-0.2, -0.15) is 8.78 Å². The Morgan fingerprint density at radius 2 is 1.78 bits per heavy atom. The van der Waals surface area contributed by atoms with Crippen molar-refractivity contribution in [3.63, 3.8) is 0 Å². The number of ether oxygens (including phenoxy) is 1. The molecule has 4 rings (SSSR count). The summed E-state index contributed by atoms with van der Waals surface area (Å²) in [6, 6.07) is 7.08. The van der Waals surface area contributed by atoms with Gasteiger partial charge in [-0.3, -0.25) is 19.4 Å². The van der Waals surface area contributed by atoms with Crippen molar-refractivity contribution in [3.8, 4) is 5.75 Å². The SMILES string of the molecule is O=C1CC(CNC2CCC2)C(=O)N1CCCN1CCN(c2ccccc2OCC(F)(F)C(F)F)CC1. The number of piperazine rings is 1. The quantitative estimate of drug-likeness (QED) is 0.342. The monoisotopic (exact) mass is 514 g/mol. The average molecular weight is 515 g/mol. The number of benzene rings is 1. The average Bonchev–Trinajstić information content (AvgIpc) is 3.10. The van der Waals surface area contributed by atoms with Gasteiger partial charge in [-0.1, -0.05) is 18.6 Å². The number of amides is 2. The van der Waals surface area contributed by atoms with Crippen molar-refractivity contribution in [3.05, 3.63) is 24.3 Å². The van der Waals surface area contributed by atoms with Gasteiger partial charge in [0.1, 0.15) is 5.75 Å². The van der Waals surface area contributed by atoms with E-state index in [1.807, 2.05) is 4.90 Å². The fourth-order valence-corrected chi connectivity index (χ4v) is 4.81. The standard InChI is InChI=1S/C25H34F4N4O3/c26-24(27)25(28,29)17-36-21-8-2-1-7-20(21)32-13-11-31(12-14-32)9-4-10-33-22(34)15-18(23(33)35)16-30-19-5-3-6-19/h1-2,7-8,18-19,24,30H,3-6,9-17H2. The van der Waals surface area contributed by atoms with Crippen LogP contribution in [0.15, 0.2) is 24.3 Å². The minimum atomic E-state index is -4.21. The minimum Gasteiger partial charge on any atom is -0.485 e. The molecule has 1 atom stereocenters. The van der Waals surface area contributed by atoms with Gasteiger partial charge in [0.25, 0.3) is 0 Å². The molecular weight excluding hydrogens is 480 g/mol. The van der Waals surface area contributed by atoms with Crippen molar-refractivity contribution in [1.29, 1.82) is 0 Å². The number of hydrogen-bond acceptors (Lipinski definition) is 6. The summed E-state index contributed by atoms with van der Waals surface area (Å²) in [5, 5.41) is 3.39. The zero-order valence-corrected chi connectivity index (χ0v) is 20.3. The molecule has 200 valence electrons. The Balaban J connectivity index is 1.20. The maximum absolute atomic E-state index is 13.3. The maximum atomic E-state index is 13.3. The summed E-state index contributed by atoms with van der Waals surface area (Å²) in [5.74, 6) is -4.50. The lowest BCUT2D eigenvalue weighted by Gasteiger charge is -2.37. The van der Waals surface area contributed by atoms with Gasteiger partial charge in [0.15, 0.2) is 6.61 Å². The second-order valence-corrected chi connectivity index (χ2v) is 9.82. The third-order valence-corrected chi connectivity index (χ3v) is 7.27. The number of alkyl halides is 4. The van der Waals surface area contributed by atoms with E-state index in [9.17, 15) is 27.2 Å². The van der Waals surface area contributed by atoms with Gasteiger partial charge in [0.05, 0.1) is 11.6 Å². The maximum Gasteiger partial charge on any atom is 0.340 e. The molecule has 1 unspecified atom stereocenters. The molecule has 36 heavy (non-hydrogen) atoms. The Hall–Kier alpha value is -2.40. The second-order valence-electron chi connectivity index (χ2n) is 9.82. The van der Waals surface area contributed by atoms with E-state index in [4.69, 9.17) is 4.74 Å². The number of likely N-dealkylation sites (tertiary alicyclic amines) is 1. The predicted molar refractivity (Wildman–Crippen MR) is 127 cm³/mol. The molecule has 0 spiro atoms. The lowest BCUT2D eigenvalue weighted by Crippen LogP contribution is -2.47. The molecule has 2 heterocycles. The first kappa shape index (κ1) is 26.7. The van der Waals surface area contributed by atoms with Crippen molar-refractivity contribution in [2.45, 2.75) is 50.5 Å². The number of para-hydroxylation sites is 2. The van der Waals surface area contributed by atoms with E-state index in [0.29, 0.717) is 57.4 Å². The molecular formula is C25H34F4N4O3. The van der Waals surface area contributed by atoms with Crippen molar-refractivity contribution in [2.24, 2.45) is 5.92 Å². The van der Waals surface area contributed by atoms with Gasteiger partial charge in [-0.05, 0) is 37.9 Å². The highest BCUT2D eigenvalue weighted by molar-refractivity contribution is 6.03. The number of rotatable bonds is 12.